The maximum atomic E-state index is 11.7. The highest BCUT2D eigenvalue weighted by Gasteiger charge is 2.41. The Balaban J connectivity index is 2.53. The summed E-state index contributed by atoms with van der Waals surface area (Å²) in [5, 5.41) is 12.0. The highest BCUT2D eigenvalue weighted by atomic mass is 16.4. The first-order valence-electron chi connectivity index (χ1n) is 6.27. The Labute approximate surface area is 102 Å². The molecule has 0 radical (unpaired) electrons. The molecule has 1 rings (SSSR count). The minimum absolute atomic E-state index is 0.123. The molecule has 0 bridgehead atoms. The van der Waals surface area contributed by atoms with Crippen LogP contribution < -0.4 is 11.1 Å². The zero-order chi connectivity index (χ0) is 12.9. The molecule has 0 aromatic carbocycles. The predicted octanol–water partition coefficient (Wildman–Crippen LogP) is 0.733. The van der Waals surface area contributed by atoms with E-state index in [4.69, 9.17) is 5.73 Å². The molecular formula is C12H22N2O3. The van der Waals surface area contributed by atoms with Crippen LogP contribution in [0.5, 0.6) is 0 Å². The minimum Gasteiger partial charge on any atom is -0.481 e. The summed E-state index contributed by atoms with van der Waals surface area (Å²) >= 11 is 0. The van der Waals surface area contributed by atoms with Crippen LogP contribution in [0.4, 0.5) is 0 Å². The van der Waals surface area contributed by atoms with Crippen LogP contribution in [0.1, 0.15) is 39.0 Å². The number of hydrogen-bond donors (Lipinski definition) is 3. The molecule has 1 amide bonds. The van der Waals surface area contributed by atoms with E-state index in [-0.39, 0.29) is 18.4 Å². The fraction of sp³-hybridized carbons (Fsp3) is 0.833. The van der Waals surface area contributed by atoms with Gasteiger partial charge in [0.05, 0.1) is 5.41 Å². The van der Waals surface area contributed by atoms with Gasteiger partial charge in [0.15, 0.2) is 0 Å². The monoisotopic (exact) mass is 242 g/mol. The molecular weight excluding hydrogens is 220 g/mol. The van der Waals surface area contributed by atoms with E-state index in [9.17, 15) is 14.7 Å². The fourth-order valence-electron chi connectivity index (χ4n) is 2.38. The lowest BCUT2D eigenvalue weighted by Crippen LogP contribution is -2.44. The average Bonchev–Trinajstić information content (AvgIpc) is 2.78. The van der Waals surface area contributed by atoms with Crippen LogP contribution in [0.2, 0.25) is 0 Å². The maximum Gasteiger partial charge on any atom is 0.311 e. The van der Waals surface area contributed by atoms with E-state index in [2.05, 4.69) is 5.32 Å². The fourth-order valence-corrected chi connectivity index (χ4v) is 2.38. The standard InChI is InChI=1S/C12H22N2O3/c1-2-9(7-13)10(15)14-8-12(11(16)17)5-3-4-6-12/h9H,2-8,13H2,1H3,(H,14,15)(H,16,17). The van der Waals surface area contributed by atoms with Gasteiger partial charge in [-0.05, 0) is 19.3 Å². The summed E-state index contributed by atoms with van der Waals surface area (Å²) in [5.41, 5.74) is 4.74. The van der Waals surface area contributed by atoms with Crippen molar-refractivity contribution in [1.82, 2.24) is 5.32 Å². The Morgan fingerprint density at radius 2 is 2.00 bits per heavy atom. The summed E-state index contributed by atoms with van der Waals surface area (Å²) in [5.74, 6) is -1.12. The Kier molecular flexibility index (Phi) is 4.93. The zero-order valence-corrected chi connectivity index (χ0v) is 10.4. The van der Waals surface area contributed by atoms with Crippen LogP contribution in [-0.4, -0.2) is 30.1 Å². The van der Waals surface area contributed by atoms with Gasteiger partial charge in [-0.2, -0.15) is 0 Å². The molecule has 1 atom stereocenters. The lowest BCUT2D eigenvalue weighted by atomic mass is 9.86. The molecule has 98 valence electrons. The lowest BCUT2D eigenvalue weighted by molar-refractivity contribution is -0.148. The number of rotatable bonds is 6. The van der Waals surface area contributed by atoms with E-state index in [0.29, 0.717) is 25.8 Å². The van der Waals surface area contributed by atoms with E-state index in [0.717, 1.165) is 12.8 Å². The number of nitrogens with one attached hydrogen (secondary N) is 1. The molecule has 0 saturated heterocycles. The molecule has 0 spiro atoms. The van der Waals surface area contributed by atoms with Crippen LogP contribution in [0.3, 0.4) is 0 Å². The van der Waals surface area contributed by atoms with Gasteiger partial charge in [-0.3, -0.25) is 9.59 Å². The Hall–Kier alpha value is -1.10. The number of hydrogen-bond acceptors (Lipinski definition) is 3. The average molecular weight is 242 g/mol. The number of nitrogens with two attached hydrogens (primary N) is 1. The first-order valence-corrected chi connectivity index (χ1v) is 6.27. The second-order valence-corrected chi connectivity index (χ2v) is 4.85. The van der Waals surface area contributed by atoms with E-state index in [1.165, 1.54) is 0 Å². The molecule has 1 saturated carbocycles. The van der Waals surface area contributed by atoms with Gasteiger partial charge in [0.2, 0.25) is 5.91 Å². The summed E-state index contributed by atoms with van der Waals surface area (Å²) < 4.78 is 0. The van der Waals surface area contributed by atoms with Crippen molar-refractivity contribution in [1.29, 1.82) is 0 Å². The lowest BCUT2D eigenvalue weighted by Gasteiger charge is -2.25. The molecule has 0 aromatic rings. The molecule has 4 N–H and O–H groups in total. The van der Waals surface area contributed by atoms with Crippen molar-refractivity contribution < 1.29 is 14.7 Å². The van der Waals surface area contributed by atoms with Gasteiger partial charge in [-0.25, -0.2) is 0 Å². The Morgan fingerprint density at radius 3 is 2.41 bits per heavy atom. The second kappa shape index (κ2) is 6.00. The van der Waals surface area contributed by atoms with Gasteiger partial charge in [-0.15, -0.1) is 0 Å². The molecule has 17 heavy (non-hydrogen) atoms. The molecule has 0 aliphatic heterocycles. The summed E-state index contributed by atoms with van der Waals surface area (Å²) in [6, 6.07) is 0. The molecule has 1 aliphatic rings. The quantitative estimate of drug-likeness (QED) is 0.640. The number of aliphatic carboxylic acids is 1. The Bertz CT molecular complexity index is 281. The third-order valence-corrected chi connectivity index (χ3v) is 3.76. The van der Waals surface area contributed by atoms with Gasteiger partial charge in [0.25, 0.3) is 0 Å². The molecule has 1 aliphatic carbocycles. The van der Waals surface area contributed by atoms with Crippen molar-refractivity contribution in [3.63, 3.8) is 0 Å². The van der Waals surface area contributed by atoms with Gasteiger partial charge < -0.3 is 16.2 Å². The predicted molar refractivity (Wildman–Crippen MR) is 64.4 cm³/mol. The summed E-state index contributed by atoms with van der Waals surface area (Å²) in [6.07, 6.45) is 3.85. The normalized spacial score (nSPS) is 19.9. The first kappa shape index (κ1) is 14.0. The topological polar surface area (TPSA) is 92.4 Å². The molecule has 1 fully saturated rings. The van der Waals surface area contributed by atoms with Gasteiger partial charge in [0, 0.05) is 19.0 Å². The smallest absolute Gasteiger partial charge is 0.311 e. The van der Waals surface area contributed by atoms with Crippen molar-refractivity contribution in [2.75, 3.05) is 13.1 Å². The molecule has 0 heterocycles. The van der Waals surface area contributed by atoms with E-state index in [1.807, 2.05) is 6.92 Å². The number of carboxylic acid groups (broad SMARTS) is 1. The molecule has 5 nitrogen and oxygen atoms in total. The third kappa shape index (κ3) is 3.19. The van der Waals surface area contributed by atoms with Gasteiger partial charge in [0.1, 0.15) is 0 Å². The van der Waals surface area contributed by atoms with Crippen molar-refractivity contribution in [2.45, 2.75) is 39.0 Å². The van der Waals surface area contributed by atoms with Gasteiger partial charge in [-0.1, -0.05) is 19.8 Å². The van der Waals surface area contributed by atoms with E-state index >= 15 is 0 Å². The molecule has 0 aromatic heterocycles. The maximum absolute atomic E-state index is 11.7. The number of carboxylic acids is 1. The van der Waals surface area contributed by atoms with Crippen molar-refractivity contribution >= 4 is 11.9 Å². The molecule has 5 heteroatoms. The summed E-state index contributed by atoms with van der Waals surface area (Å²) in [7, 11) is 0. The number of carbonyl (C=O) groups excluding carboxylic acids is 1. The summed E-state index contributed by atoms with van der Waals surface area (Å²) in [4.78, 5) is 23.0. The van der Waals surface area contributed by atoms with Crippen LogP contribution >= 0.6 is 0 Å². The minimum atomic E-state index is -0.795. The first-order chi connectivity index (χ1) is 8.05. The van der Waals surface area contributed by atoms with Crippen LogP contribution in [-0.2, 0) is 9.59 Å². The number of carbonyl (C=O) groups is 2. The van der Waals surface area contributed by atoms with E-state index < -0.39 is 11.4 Å². The van der Waals surface area contributed by atoms with Crippen LogP contribution in [0.15, 0.2) is 0 Å². The van der Waals surface area contributed by atoms with Gasteiger partial charge >= 0.3 is 5.97 Å². The van der Waals surface area contributed by atoms with Crippen molar-refractivity contribution in [2.24, 2.45) is 17.1 Å². The van der Waals surface area contributed by atoms with Crippen molar-refractivity contribution in [3.05, 3.63) is 0 Å². The van der Waals surface area contributed by atoms with Crippen LogP contribution in [0, 0.1) is 11.3 Å². The molecule has 1 unspecified atom stereocenters. The SMILES string of the molecule is CCC(CN)C(=O)NCC1(C(=O)O)CCCC1. The Morgan fingerprint density at radius 1 is 1.41 bits per heavy atom. The van der Waals surface area contributed by atoms with E-state index in [1.54, 1.807) is 0 Å². The highest BCUT2D eigenvalue weighted by molar-refractivity contribution is 5.81. The largest absolute Gasteiger partial charge is 0.481 e. The highest BCUT2D eigenvalue weighted by Crippen LogP contribution is 2.37. The number of amides is 1. The van der Waals surface area contributed by atoms with Crippen molar-refractivity contribution in [3.8, 4) is 0 Å². The third-order valence-electron chi connectivity index (χ3n) is 3.76. The second-order valence-electron chi connectivity index (χ2n) is 4.85. The zero-order valence-electron chi connectivity index (χ0n) is 10.4. The summed E-state index contributed by atoms with van der Waals surface area (Å²) in [6.45, 7) is 2.44. The van der Waals surface area contributed by atoms with Crippen LogP contribution in [0.25, 0.3) is 0 Å².